The normalized spacial score (nSPS) is 32.7. The fourth-order valence-corrected chi connectivity index (χ4v) is 14.0. The molecule has 384 valence electrons. The van der Waals surface area contributed by atoms with Crippen molar-refractivity contribution in [3.05, 3.63) is 60.7 Å². The number of carbonyl (C=O) groups is 3. The fraction of sp³-hybridized carbons (Fsp3) is 0.741. The van der Waals surface area contributed by atoms with Crippen LogP contribution in [0.2, 0.25) is 0 Å². The zero-order valence-electron chi connectivity index (χ0n) is 43.8. The van der Waals surface area contributed by atoms with E-state index in [0.717, 1.165) is 71.7 Å². The summed E-state index contributed by atoms with van der Waals surface area (Å²) >= 11 is 0. The molecule has 15 nitrogen and oxygen atoms in total. The van der Waals surface area contributed by atoms with Gasteiger partial charge in [0.15, 0.2) is 0 Å². The first kappa shape index (κ1) is 55.5. The molecule has 69 heavy (non-hydrogen) atoms. The summed E-state index contributed by atoms with van der Waals surface area (Å²) in [7, 11) is 4.23. The molecule has 6 fully saturated rings. The molecule has 15 heteroatoms. The van der Waals surface area contributed by atoms with Crippen LogP contribution in [0.4, 0.5) is 9.59 Å². The first-order valence-electron chi connectivity index (χ1n) is 25.9. The SMILES string of the molecule is C[C@@H]1[C@H](NC(=O)N2CCN(C)CC2)CC2C(C)(C)CCC[C@]2(C)[C@H]1CN.C[C@@H]1[C@H](NC(=O)N2CCN(C)CC2)CC2C(C)(C)CCC[C@]2(C)[C@H]1CNC(=O)c1ccncc1.O=C=O.c1ccncc1. The molecule has 4 saturated carbocycles. The van der Waals surface area contributed by atoms with Crippen LogP contribution >= 0.6 is 0 Å². The van der Waals surface area contributed by atoms with Crippen LogP contribution in [0.5, 0.6) is 0 Å². The Bertz CT molecular complexity index is 1930. The molecule has 0 aromatic carbocycles. The number of rotatable bonds is 6. The van der Waals surface area contributed by atoms with Crippen molar-refractivity contribution in [3.63, 3.8) is 0 Å². The van der Waals surface area contributed by atoms with E-state index in [9.17, 15) is 14.4 Å². The number of amides is 5. The van der Waals surface area contributed by atoms with E-state index in [1.54, 1.807) is 36.9 Å². The van der Waals surface area contributed by atoms with Gasteiger partial charge in [-0.2, -0.15) is 9.59 Å². The topological polar surface area (TPSA) is 186 Å². The maximum absolute atomic E-state index is 13.2. The van der Waals surface area contributed by atoms with Gasteiger partial charge in [-0.25, -0.2) is 9.59 Å². The Morgan fingerprint density at radius 2 is 1.04 bits per heavy atom. The van der Waals surface area contributed by atoms with Gasteiger partial charge in [0.2, 0.25) is 0 Å². The largest absolute Gasteiger partial charge is 0.373 e. The van der Waals surface area contributed by atoms with Crippen molar-refractivity contribution in [2.45, 2.75) is 119 Å². The number of piperazine rings is 2. The van der Waals surface area contributed by atoms with Gasteiger partial charge in [-0.1, -0.05) is 74.3 Å². The van der Waals surface area contributed by atoms with Gasteiger partial charge < -0.3 is 41.3 Å². The lowest BCUT2D eigenvalue weighted by molar-refractivity contribution is -0.191. The van der Waals surface area contributed by atoms with Crippen molar-refractivity contribution in [3.8, 4) is 0 Å². The Morgan fingerprint density at radius 3 is 1.43 bits per heavy atom. The van der Waals surface area contributed by atoms with Crippen LogP contribution in [0.15, 0.2) is 55.1 Å². The Labute approximate surface area is 414 Å². The number of nitrogens with two attached hydrogens (primary N) is 1. The van der Waals surface area contributed by atoms with Crippen molar-refractivity contribution in [2.75, 3.05) is 79.5 Å². The smallest absolute Gasteiger partial charge is 0.352 e. The average molecular weight is 957 g/mol. The van der Waals surface area contributed by atoms with Gasteiger partial charge in [0, 0.05) is 101 Å². The molecule has 5 amide bonds. The lowest BCUT2D eigenvalue weighted by Crippen LogP contribution is -2.62. The molecule has 2 saturated heterocycles. The van der Waals surface area contributed by atoms with Crippen molar-refractivity contribution in [2.24, 2.45) is 62.9 Å². The minimum absolute atomic E-state index is 0.0478. The zero-order valence-corrected chi connectivity index (χ0v) is 43.8. The maximum atomic E-state index is 13.2. The predicted molar refractivity (Wildman–Crippen MR) is 271 cm³/mol. The van der Waals surface area contributed by atoms with E-state index in [-0.39, 0.29) is 53.0 Å². The molecular weight excluding hydrogens is 869 g/mol. The number of fused-ring (bicyclic) bond motifs is 2. The highest BCUT2D eigenvalue weighted by Gasteiger charge is 2.58. The van der Waals surface area contributed by atoms with Crippen LogP contribution in [0.3, 0.4) is 0 Å². The molecule has 4 heterocycles. The second-order valence-corrected chi connectivity index (χ2v) is 23.2. The van der Waals surface area contributed by atoms with Gasteiger partial charge in [0.05, 0.1) is 0 Å². The van der Waals surface area contributed by atoms with Gasteiger partial charge in [0.1, 0.15) is 0 Å². The second kappa shape index (κ2) is 24.6. The highest BCUT2D eigenvalue weighted by molar-refractivity contribution is 5.94. The summed E-state index contributed by atoms with van der Waals surface area (Å²) in [4.78, 5) is 71.5. The number of nitrogens with zero attached hydrogens (tertiary/aromatic N) is 6. The lowest BCUT2D eigenvalue weighted by Gasteiger charge is -2.61. The van der Waals surface area contributed by atoms with Crippen LogP contribution in [0.1, 0.15) is 117 Å². The first-order valence-corrected chi connectivity index (χ1v) is 25.9. The summed E-state index contributed by atoms with van der Waals surface area (Å²) in [6.45, 7) is 27.5. The third-order valence-electron chi connectivity index (χ3n) is 18.2. The number of likely N-dealkylation sites (N-methyl/N-ethyl adjacent to an activating group) is 2. The minimum atomic E-state index is -0.0478. The Kier molecular flexibility index (Phi) is 19.8. The number of urea groups is 2. The molecule has 0 bridgehead atoms. The Balaban J connectivity index is 0.000000223. The molecule has 2 aromatic rings. The summed E-state index contributed by atoms with van der Waals surface area (Å²) in [5.41, 5.74) is 7.94. The van der Waals surface area contributed by atoms with Crippen molar-refractivity contribution in [1.82, 2.24) is 45.5 Å². The summed E-state index contributed by atoms with van der Waals surface area (Å²) in [6.07, 6.45) is 16.7. The standard InChI is InChI=1S/C27H43N5O2.C21H40N4O.C5H5N.CO2/c1-19-21(18-29-24(33)20-7-11-28-12-8-20)27(4)10-6-9-26(2,3)23(27)17-22(19)30-25(34)32-15-13-31(5)14-16-32;1-15-16(14-22)21(4)8-6-7-20(2,3)18(21)13-17(15)23-19(26)25-11-9-24(5)10-12-25;1-2-4-6-5-3-1;2-1-3/h7-8,11-12,19,21-23H,6,9-10,13-18H2,1-5H3,(H,29,33)(H,30,34);15-18H,6-14,22H2,1-5H3,(H,23,26);1-5H;/t19-,21-,22+,23?,27+;15-,16-,17+,18?,21+;;/m00../s1. The second-order valence-electron chi connectivity index (χ2n) is 23.2. The van der Waals surface area contributed by atoms with Crippen LogP contribution in [-0.2, 0) is 9.59 Å². The molecule has 2 aliphatic heterocycles. The minimum Gasteiger partial charge on any atom is -0.352 e. The van der Waals surface area contributed by atoms with Gasteiger partial charge in [-0.3, -0.25) is 14.8 Å². The van der Waals surface area contributed by atoms with Gasteiger partial charge in [0.25, 0.3) is 5.91 Å². The van der Waals surface area contributed by atoms with Crippen molar-refractivity contribution < 1.29 is 24.0 Å². The molecule has 10 atom stereocenters. The van der Waals surface area contributed by atoms with E-state index in [4.69, 9.17) is 15.3 Å². The van der Waals surface area contributed by atoms with E-state index in [1.165, 1.54) is 38.5 Å². The highest BCUT2D eigenvalue weighted by Crippen LogP contribution is 2.62. The first-order chi connectivity index (χ1) is 32.7. The average Bonchev–Trinajstić information content (AvgIpc) is 3.32. The molecular formula is C54H88N10O5. The van der Waals surface area contributed by atoms with Crippen LogP contribution in [0, 0.1) is 57.2 Å². The number of aromatic nitrogens is 2. The van der Waals surface area contributed by atoms with Crippen LogP contribution < -0.4 is 21.7 Å². The number of hydrogen-bond donors (Lipinski definition) is 4. The Hall–Kier alpha value is -4.43. The van der Waals surface area contributed by atoms with E-state index < -0.39 is 0 Å². The molecule has 0 radical (unpaired) electrons. The summed E-state index contributed by atoms with van der Waals surface area (Å²) in [5.74, 6) is 2.59. The van der Waals surface area contributed by atoms with Crippen molar-refractivity contribution >= 4 is 24.1 Å². The maximum Gasteiger partial charge on any atom is 0.373 e. The predicted octanol–water partition coefficient (Wildman–Crippen LogP) is 6.88. The van der Waals surface area contributed by atoms with Crippen LogP contribution in [0.25, 0.3) is 0 Å². The fourth-order valence-electron chi connectivity index (χ4n) is 14.0. The van der Waals surface area contributed by atoms with E-state index in [2.05, 4.69) is 105 Å². The molecule has 2 aromatic heterocycles. The summed E-state index contributed by atoms with van der Waals surface area (Å²) < 4.78 is 0. The number of carbonyl (C=O) groups excluding carboxylic acids is 5. The van der Waals surface area contributed by atoms with E-state index in [1.807, 2.05) is 28.0 Å². The third kappa shape index (κ3) is 13.7. The lowest BCUT2D eigenvalue weighted by atomic mass is 9.45. The van der Waals surface area contributed by atoms with Crippen LogP contribution in [-0.4, -0.2) is 145 Å². The number of hydrogen-bond acceptors (Lipinski definition) is 10. The third-order valence-corrected chi connectivity index (χ3v) is 18.2. The monoisotopic (exact) mass is 957 g/mol. The molecule has 6 aliphatic rings. The van der Waals surface area contributed by atoms with Gasteiger partial charge >= 0.3 is 18.2 Å². The quantitative estimate of drug-likeness (QED) is 0.238. The van der Waals surface area contributed by atoms with E-state index in [0.29, 0.717) is 52.5 Å². The highest BCUT2D eigenvalue weighted by atomic mass is 16.2. The Morgan fingerprint density at radius 1 is 0.638 bits per heavy atom. The molecule has 5 N–H and O–H groups in total. The van der Waals surface area contributed by atoms with Gasteiger partial charge in [-0.15, -0.1) is 0 Å². The molecule has 8 rings (SSSR count). The van der Waals surface area contributed by atoms with E-state index >= 15 is 0 Å². The van der Waals surface area contributed by atoms with Gasteiger partial charge in [-0.05, 0) is 141 Å². The van der Waals surface area contributed by atoms with Crippen molar-refractivity contribution in [1.29, 1.82) is 0 Å². The molecule has 4 aliphatic carbocycles. The summed E-state index contributed by atoms with van der Waals surface area (Å²) in [6, 6.07) is 9.79. The molecule has 0 spiro atoms. The number of pyridine rings is 2. The summed E-state index contributed by atoms with van der Waals surface area (Å²) in [5, 5.41) is 10.1. The number of nitrogens with one attached hydrogen (secondary N) is 3. The zero-order chi connectivity index (χ0) is 50.6. The molecule has 2 unspecified atom stereocenters.